The van der Waals surface area contributed by atoms with E-state index in [1.165, 1.54) is 17.0 Å². The number of fused-ring (bicyclic) bond motifs is 1. The molecule has 1 aliphatic rings. The predicted octanol–water partition coefficient (Wildman–Crippen LogP) is 2.86. The van der Waals surface area contributed by atoms with Crippen LogP contribution in [0.5, 0.6) is 0 Å². The van der Waals surface area contributed by atoms with Gasteiger partial charge in [0.1, 0.15) is 11.9 Å². The summed E-state index contributed by atoms with van der Waals surface area (Å²) in [6, 6.07) is 3.35. The number of halogens is 1. The molecule has 1 aromatic carbocycles. The highest BCUT2D eigenvalue weighted by Crippen LogP contribution is 2.21. The van der Waals surface area contributed by atoms with Crippen molar-refractivity contribution in [2.75, 3.05) is 13.1 Å². The Balaban J connectivity index is 1.50. The second-order valence-electron chi connectivity index (χ2n) is 7.34. The Kier molecular flexibility index (Phi) is 6.85. The lowest BCUT2D eigenvalue weighted by Crippen LogP contribution is -2.34. The van der Waals surface area contributed by atoms with Gasteiger partial charge in [-0.25, -0.2) is 9.18 Å². The molecule has 0 radical (unpaired) electrons. The Hall–Kier alpha value is -2.90. The standard InChI is InChI=1S/C21H27FN4O3/c1-2-3-4-10-23-19(27)8-7-18-20(28)26(21(29)25-18)11-9-14-13-24-17-6-5-15(22)12-16(14)17/h5-6,12-13,18,24H,2-4,7-11H2,1H3,(H,23,27)(H,25,29)/t18-/m1/s1. The van der Waals surface area contributed by atoms with E-state index < -0.39 is 12.1 Å². The molecule has 1 atom stereocenters. The first-order chi connectivity index (χ1) is 14.0. The fourth-order valence-corrected chi connectivity index (χ4v) is 3.54. The topological polar surface area (TPSA) is 94.3 Å². The summed E-state index contributed by atoms with van der Waals surface area (Å²) in [5.41, 5.74) is 1.65. The van der Waals surface area contributed by atoms with Gasteiger partial charge in [-0.05, 0) is 43.0 Å². The molecule has 3 rings (SSSR count). The Morgan fingerprint density at radius 1 is 1.28 bits per heavy atom. The van der Waals surface area contributed by atoms with Crippen LogP contribution in [0.3, 0.4) is 0 Å². The van der Waals surface area contributed by atoms with E-state index in [-0.39, 0.29) is 37.0 Å². The monoisotopic (exact) mass is 402 g/mol. The Morgan fingerprint density at radius 2 is 2.10 bits per heavy atom. The summed E-state index contributed by atoms with van der Waals surface area (Å²) in [6.45, 7) is 2.93. The van der Waals surface area contributed by atoms with Gasteiger partial charge in [-0.3, -0.25) is 14.5 Å². The lowest BCUT2D eigenvalue weighted by atomic mass is 10.1. The molecule has 2 heterocycles. The molecule has 7 nitrogen and oxygen atoms in total. The van der Waals surface area contributed by atoms with E-state index in [1.54, 1.807) is 12.3 Å². The van der Waals surface area contributed by atoms with Crippen LogP contribution in [-0.4, -0.2) is 46.9 Å². The van der Waals surface area contributed by atoms with Crippen LogP contribution in [0.2, 0.25) is 0 Å². The molecule has 29 heavy (non-hydrogen) atoms. The molecule has 1 saturated heterocycles. The van der Waals surface area contributed by atoms with Gasteiger partial charge >= 0.3 is 6.03 Å². The number of aromatic amines is 1. The molecule has 4 amide bonds. The first-order valence-corrected chi connectivity index (χ1v) is 10.1. The van der Waals surface area contributed by atoms with Gasteiger partial charge in [0.25, 0.3) is 5.91 Å². The summed E-state index contributed by atoms with van der Waals surface area (Å²) in [6.07, 6.45) is 5.75. The summed E-state index contributed by atoms with van der Waals surface area (Å²) < 4.78 is 13.5. The summed E-state index contributed by atoms with van der Waals surface area (Å²) in [5.74, 6) is -0.761. The molecular weight excluding hydrogens is 375 g/mol. The largest absolute Gasteiger partial charge is 0.361 e. The van der Waals surface area contributed by atoms with E-state index in [0.717, 1.165) is 35.7 Å². The number of carbonyl (C=O) groups excluding carboxylic acids is 3. The molecule has 0 saturated carbocycles. The van der Waals surface area contributed by atoms with E-state index in [2.05, 4.69) is 22.5 Å². The molecule has 156 valence electrons. The minimum absolute atomic E-state index is 0.109. The maximum Gasteiger partial charge on any atom is 0.324 e. The Bertz CT molecular complexity index is 895. The molecule has 2 aromatic rings. The molecule has 0 spiro atoms. The normalized spacial score (nSPS) is 16.5. The third kappa shape index (κ3) is 5.13. The lowest BCUT2D eigenvalue weighted by Gasteiger charge is -2.12. The van der Waals surface area contributed by atoms with Crippen molar-refractivity contribution >= 4 is 28.7 Å². The van der Waals surface area contributed by atoms with Crippen LogP contribution in [0.1, 0.15) is 44.6 Å². The van der Waals surface area contributed by atoms with Gasteiger partial charge in [0.05, 0.1) is 0 Å². The minimum Gasteiger partial charge on any atom is -0.361 e. The number of hydrogen-bond acceptors (Lipinski definition) is 3. The molecule has 0 bridgehead atoms. The summed E-state index contributed by atoms with van der Waals surface area (Å²) >= 11 is 0. The number of hydrogen-bond donors (Lipinski definition) is 3. The van der Waals surface area contributed by atoms with Crippen molar-refractivity contribution in [2.24, 2.45) is 0 Å². The van der Waals surface area contributed by atoms with Crippen LogP contribution in [0.4, 0.5) is 9.18 Å². The van der Waals surface area contributed by atoms with Gasteiger partial charge in [0, 0.05) is 36.6 Å². The van der Waals surface area contributed by atoms with Crippen LogP contribution in [0.25, 0.3) is 10.9 Å². The number of urea groups is 1. The van der Waals surface area contributed by atoms with E-state index in [0.29, 0.717) is 13.0 Å². The van der Waals surface area contributed by atoms with Crippen molar-refractivity contribution in [1.82, 2.24) is 20.5 Å². The molecule has 1 aliphatic heterocycles. The summed E-state index contributed by atoms with van der Waals surface area (Å²) in [4.78, 5) is 40.9. The smallest absolute Gasteiger partial charge is 0.324 e. The SMILES string of the molecule is CCCCCNC(=O)CC[C@H]1NC(=O)N(CCc2c[nH]c3ccc(F)cc23)C1=O. The van der Waals surface area contributed by atoms with Crippen LogP contribution < -0.4 is 10.6 Å². The number of nitrogens with one attached hydrogen (secondary N) is 3. The number of H-pyrrole nitrogens is 1. The second-order valence-corrected chi connectivity index (χ2v) is 7.34. The Labute approximate surface area is 169 Å². The molecule has 0 unspecified atom stereocenters. The number of rotatable bonds is 10. The average Bonchev–Trinajstić information content (AvgIpc) is 3.22. The van der Waals surface area contributed by atoms with Crippen molar-refractivity contribution in [2.45, 2.75) is 51.5 Å². The molecule has 1 aromatic heterocycles. The number of nitrogens with zero attached hydrogens (tertiary/aromatic N) is 1. The van der Waals surface area contributed by atoms with Gasteiger partial charge in [0.15, 0.2) is 0 Å². The quantitative estimate of drug-likeness (QED) is 0.421. The average molecular weight is 402 g/mol. The maximum atomic E-state index is 13.5. The number of aromatic nitrogens is 1. The number of unbranched alkanes of at least 4 members (excludes halogenated alkanes) is 2. The van der Waals surface area contributed by atoms with Crippen molar-refractivity contribution < 1.29 is 18.8 Å². The van der Waals surface area contributed by atoms with E-state index in [4.69, 9.17) is 0 Å². The molecule has 1 fully saturated rings. The van der Waals surface area contributed by atoms with Crippen molar-refractivity contribution in [3.63, 3.8) is 0 Å². The highest BCUT2D eigenvalue weighted by Gasteiger charge is 2.37. The van der Waals surface area contributed by atoms with Crippen molar-refractivity contribution in [1.29, 1.82) is 0 Å². The fraction of sp³-hybridized carbons (Fsp3) is 0.476. The zero-order valence-electron chi connectivity index (χ0n) is 16.6. The van der Waals surface area contributed by atoms with Crippen LogP contribution in [0, 0.1) is 5.82 Å². The van der Waals surface area contributed by atoms with Crippen molar-refractivity contribution in [3.05, 3.63) is 35.8 Å². The van der Waals surface area contributed by atoms with Crippen LogP contribution in [0.15, 0.2) is 24.4 Å². The number of benzene rings is 1. The van der Waals surface area contributed by atoms with Crippen LogP contribution >= 0.6 is 0 Å². The first-order valence-electron chi connectivity index (χ1n) is 10.1. The first kappa shape index (κ1) is 20.8. The van der Waals surface area contributed by atoms with Crippen LogP contribution in [-0.2, 0) is 16.0 Å². The predicted molar refractivity (Wildman–Crippen MR) is 108 cm³/mol. The highest BCUT2D eigenvalue weighted by molar-refractivity contribution is 6.04. The second kappa shape index (κ2) is 9.54. The summed E-state index contributed by atoms with van der Waals surface area (Å²) in [5, 5.41) is 6.23. The molecule has 3 N–H and O–H groups in total. The van der Waals surface area contributed by atoms with E-state index in [9.17, 15) is 18.8 Å². The number of amides is 4. The fourth-order valence-electron chi connectivity index (χ4n) is 3.54. The van der Waals surface area contributed by atoms with Crippen molar-refractivity contribution in [3.8, 4) is 0 Å². The Morgan fingerprint density at radius 3 is 2.90 bits per heavy atom. The van der Waals surface area contributed by atoms with E-state index in [1.807, 2.05) is 0 Å². The molecular formula is C21H27FN4O3. The molecule has 0 aliphatic carbocycles. The number of carbonyl (C=O) groups is 3. The number of imide groups is 1. The summed E-state index contributed by atoms with van der Waals surface area (Å²) in [7, 11) is 0. The van der Waals surface area contributed by atoms with E-state index >= 15 is 0 Å². The van der Waals surface area contributed by atoms with Gasteiger partial charge < -0.3 is 15.6 Å². The zero-order chi connectivity index (χ0) is 20.8. The maximum absolute atomic E-state index is 13.5. The van der Waals surface area contributed by atoms with Gasteiger partial charge in [-0.1, -0.05) is 19.8 Å². The third-order valence-electron chi connectivity index (χ3n) is 5.20. The lowest BCUT2D eigenvalue weighted by molar-refractivity contribution is -0.127. The van der Waals surface area contributed by atoms with Gasteiger partial charge in [-0.15, -0.1) is 0 Å². The molecule has 8 heteroatoms. The van der Waals surface area contributed by atoms with Gasteiger partial charge in [-0.2, -0.15) is 0 Å². The van der Waals surface area contributed by atoms with Gasteiger partial charge in [0.2, 0.25) is 5.91 Å². The zero-order valence-corrected chi connectivity index (χ0v) is 16.6. The highest BCUT2D eigenvalue weighted by atomic mass is 19.1. The minimum atomic E-state index is -0.677. The third-order valence-corrected chi connectivity index (χ3v) is 5.20.